The van der Waals surface area contributed by atoms with Gasteiger partial charge in [-0.2, -0.15) is 16.8 Å². The van der Waals surface area contributed by atoms with E-state index in [1.165, 1.54) is 36.4 Å². The van der Waals surface area contributed by atoms with E-state index >= 15 is 0 Å². The van der Waals surface area contributed by atoms with Gasteiger partial charge in [0.05, 0.1) is 11.1 Å². The van der Waals surface area contributed by atoms with Gasteiger partial charge < -0.3 is 22.9 Å². The lowest BCUT2D eigenvalue weighted by Gasteiger charge is -2.32. The Morgan fingerprint density at radius 1 is 0.545 bits per heavy atom. The van der Waals surface area contributed by atoms with Crippen LogP contribution in [0.15, 0.2) is 119 Å². The zero-order chi connectivity index (χ0) is 39.4. The molecule has 3 N–H and O–H groups in total. The summed E-state index contributed by atoms with van der Waals surface area (Å²) in [5, 5.41) is 25.2. The lowest BCUT2D eigenvalue weighted by Crippen LogP contribution is -2.33. The van der Waals surface area contributed by atoms with Gasteiger partial charge in [-0.3, -0.25) is 20.4 Å². The van der Waals surface area contributed by atoms with Gasteiger partial charge in [-0.1, -0.05) is 36.4 Å². The molecule has 2 aliphatic rings. The highest BCUT2D eigenvalue weighted by molar-refractivity contribution is 7.87. The van der Waals surface area contributed by atoms with Crippen molar-refractivity contribution in [1.82, 2.24) is 0 Å². The zero-order valence-electron chi connectivity index (χ0n) is 28.1. The number of nitrogens with one attached hydrogen (secondary N) is 2. The van der Waals surface area contributed by atoms with E-state index in [2.05, 4.69) is 0 Å². The monoisotopic (exact) mass is 780 g/mol. The first-order chi connectivity index (χ1) is 26.0. The number of hydrogen-bond donors (Lipinski definition) is 3. The van der Waals surface area contributed by atoms with Crippen LogP contribution in [0.5, 0.6) is 28.7 Å². The largest absolute Gasteiger partial charge is 0.508 e. The maximum atomic E-state index is 13.2. The molecule has 276 valence electrons. The second-order valence-electron chi connectivity index (χ2n) is 12.3. The van der Waals surface area contributed by atoms with E-state index in [-0.39, 0.29) is 39.9 Å². The molecule has 5 aromatic rings. The number of ketones is 2. The molecule has 7 rings (SSSR count). The first-order valence-corrected chi connectivity index (χ1v) is 18.7. The Morgan fingerprint density at radius 2 is 0.891 bits per heavy atom. The maximum absolute atomic E-state index is 13.2. The first-order valence-electron chi connectivity index (χ1n) is 15.9. The number of phenolic OH excluding ortho intramolecular Hbond substituents is 1. The molecule has 0 spiro atoms. The highest BCUT2D eigenvalue weighted by atomic mass is 32.2. The highest BCUT2D eigenvalue weighted by Gasteiger charge is 2.35. The molecule has 55 heavy (non-hydrogen) atoms. The number of ether oxygens (including phenoxy) is 2. The fourth-order valence-corrected chi connectivity index (χ4v) is 7.87. The molecular weight excluding hydrogens is 757 g/mol. The Kier molecular flexibility index (Phi) is 8.70. The Labute approximate surface area is 312 Å². The summed E-state index contributed by atoms with van der Waals surface area (Å²) in [4.78, 5) is 47.4. The lowest BCUT2D eigenvalue weighted by atomic mass is 9.71. The van der Waals surface area contributed by atoms with Crippen molar-refractivity contribution in [3.63, 3.8) is 0 Å². The lowest BCUT2D eigenvalue weighted by molar-refractivity contribution is -0.128. The molecule has 0 unspecified atom stereocenters. The summed E-state index contributed by atoms with van der Waals surface area (Å²) in [5.41, 5.74) is -1.52. The Balaban J connectivity index is 1.16. The van der Waals surface area contributed by atoms with E-state index < -0.39 is 70.4 Å². The number of aromatic hydroxyl groups is 1. The van der Waals surface area contributed by atoms with Gasteiger partial charge in [-0.05, 0) is 96.4 Å². The van der Waals surface area contributed by atoms with E-state index in [4.69, 9.17) is 28.7 Å². The van der Waals surface area contributed by atoms with Gasteiger partial charge >= 0.3 is 32.2 Å². The van der Waals surface area contributed by atoms with Gasteiger partial charge in [0.25, 0.3) is 0 Å². The number of esters is 2. The van der Waals surface area contributed by atoms with E-state index in [1.807, 2.05) is 6.92 Å². The minimum absolute atomic E-state index is 0.00627. The molecule has 0 atom stereocenters. The molecule has 0 saturated heterocycles. The SMILES string of the molecule is CC(c1ccc(O)cc1)(c1ccc(OS(=O)(=O)c2ccc3c(c2)C(=O)C(=N)C(=O)O3)cc1)c1ccc(OS(=O)(=O)c2ccc3c(c2)C(=O)C(=N)C(=O)O3)cc1. The fraction of sp³-hybridized carbons (Fsp3) is 0.0526. The molecule has 0 fully saturated rings. The predicted molar refractivity (Wildman–Crippen MR) is 190 cm³/mol. The van der Waals surface area contributed by atoms with E-state index in [0.29, 0.717) is 16.7 Å². The van der Waals surface area contributed by atoms with Crippen LogP contribution >= 0.6 is 0 Å². The smallest absolute Gasteiger partial charge is 0.365 e. The van der Waals surface area contributed by atoms with Crippen molar-refractivity contribution in [3.05, 3.63) is 137 Å². The number of fused-ring (bicyclic) bond motifs is 2. The first kappa shape index (κ1) is 36.4. The molecule has 0 bridgehead atoms. The van der Waals surface area contributed by atoms with Crippen LogP contribution in [-0.4, -0.2) is 56.9 Å². The topological polar surface area (TPSA) is 241 Å². The van der Waals surface area contributed by atoms with Crippen LogP contribution in [0.3, 0.4) is 0 Å². The third kappa shape index (κ3) is 6.51. The number of phenols is 1. The summed E-state index contributed by atoms with van der Waals surface area (Å²) in [6.45, 7) is 1.85. The fourth-order valence-electron chi connectivity index (χ4n) is 5.95. The second-order valence-corrected chi connectivity index (χ2v) is 15.4. The Bertz CT molecular complexity index is 2580. The van der Waals surface area contributed by atoms with Crippen LogP contribution < -0.4 is 17.8 Å². The van der Waals surface area contributed by atoms with Crippen molar-refractivity contribution in [2.45, 2.75) is 22.1 Å². The summed E-state index contributed by atoms with van der Waals surface area (Å²) >= 11 is 0. The third-order valence-corrected chi connectivity index (χ3v) is 11.4. The quantitative estimate of drug-likeness (QED) is 0.0807. The van der Waals surface area contributed by atoms with Crippen molar-refractivity contribution in [2.24, 2.45) is 0 Å². The van der Waals surface area contributed by atoms with Crippen LogP contribution in [0.4, 0.5) is 0 Å². The van der Waals surface area contributed by atoms with Crippen LogP contribution in [0.1, 0.15) is 44.3 Å². The van der Waals surface area contributed by atoms with E-state index in [0.717, 1.165) is 36.4 Å². The molecular formula is C38H24N2O13S2. The number of benzene rings is 5. The summed E-state index contributed by atoms with van der Waals surface area (Å²) in [7, 11) is -9.02. The number of Topliss-reactive ketones (excluding diaryl/α,β-unsaturated/α-hetero) is 2. The molecule has 5 aromatic carbocycles. The molecule has 2 heterocycles. The van der Waals surface area contributed by atoms with E-state index in [9.17, 15) is 41.1 Å². The van der Waals surface area contributed by atoms with Crippen molar-refractivity contribution in [2.75, 3.05) is 0 Å². The molecule has 17 heteroatoms. The standard InChI is InChI=1S/C38H24N2O13S2/c1-38(20-2-8-23(41)9-3-20,21-4-10-24(11-5-21)52-54(46,47)26-14-16-30-28(18-26)34(42)32(39)36(44)50-30)22-6-12-25(13-7-22)53-55(48,49)27-15-17-31-29(19-27)35(43)33(40)37(45)51-31/h2-19,39-41H,1H3. The van der Waals surface area contributed by atoms with Crippen LogP contribution in [0.2, 0.25) is 0 Å². The normalized spacial score (nSPS) is 15.3. The Morgan fingerprint density at radius 3 is 1.25 bits per heavy atom. The number of hydrogen-bond acceptors (Lipinski definition) is 15. The molecule has 0 aromatic heterocycles. The van der Waals surface area contributed by atoms with Crippen molar-refractivity contribution in [3.8, 4) is 28.7 Å². The molecule has 2 aliphatic heterocycles. The summed E-state index contributed by atoms with van der Waals surface area (Å²) in [6, 6.07) is 24.7. The van der Waals surface area contributed by atoms with E-state index in [1.54, 1.807) is 36.4 Å². The third-order valence-electron chi connectivity index (χ3n) is 8.96. The van der Waals surface area contributed by atoms with Gasteiger partial charge in [-0.25, -0.2) is 9.59 Å². The average molecular weight is 781 g/mol. The van der Waals surface area contributed by atoms with Gasteiger partial charge in [0.1, 0.15) is 38.5 Å². The molecule has 15 nitrogen and oxygen atoms in total. The maximum Gasteiger partial charge on any atom is 0.365 e. The van der Waals surface area contributed by atoms with Crippen LogP contribution in [-0.2, 0) is 35.2 Å². The number of rotatable bonds is 9. The second kappa shape index (κ2) is 13.2. The zero-order valence-corrected chi connectivity index (χ0v) is 29.7. The minimum Gasteiger partial charge on any atom is -0.508 e. The van der Waals surface area contributed by atoms with Gasteiger partial charge in [0, 0.05) is 5.41 Å². The van der Waals surface area contributed by atoms with Crippen molar-refractivity contribution < 1.29 is 59.0 Å². The minimum atomic E-state index is -4.51. The molecule has 0 saturated carbocycles. The van der Waals surface area contributed by atoms with Crippen molar-refractivity contribution in [1.29, 1.82) is 10.8 Å². The Hall–Kier alpha value is -6.98. The van der Waals surface area contributed by atoms with Gasteiger partial charge in [0.2, 0.25) is 11.6 Å². The molecule has 0 amide bonds. The van der Waals surface area contributed by atoms with Gasteiger partial charge in [0.15, 0.2) is 11.4 Å². The molecule has 0 aliphatic carbocycles. The molecule has 0 radical (unpaired) electrons. The van der Waals surface area contributed by atoms with Crippen LogP contribution in [0, 0.1) is 10.8 Å². The highest BCUT2D eigenvalue weighted by Crippen LogP contribution is 2.41. The number of carbonyl (C=O) groups excluding carboxylic acids is 4. The summed E-state index contributed by atoms with van der Waals surface area (Å²) in [5.74, 6) is -4.83. The number of carbonyl (C=O) groups is 4. The average Bonchev–Trinajstić information content (AvgIpc) is 3.16. The van der Waals surface area contributed by atoms with Gasteiger partial charge in [-0.15, -0.1) is 0 Å². The predicted octanol–water partition coefficient (Wildman–Crippen LogP) is 4.52. The van der Waals surface area contributed by atoms with Crippen LogP contribution in [0.25, 0.3) is 0 Å². The summed E-state index contributed by atoms with van der Waals surface area (Å²) < 4.78 is 73.3. The van der Waals surface area contributed by atoms with Crippen molar-refractivity contribution >= 4 is 55.2 Å². The summed E-state index contributed by atoms with van der Waals surface area (Å²) in [6.07, 6.45) is 0.